The number of unbranched alkanes of at least 4 members (excludes halogenated alkanes) is 1. The molecule has 1 saturated heterocycles. The molecule has 11 heteroatoms. The van der Waals surface area contributed by atoms with E-state index in [0.29, 0.717) is 42.9 Å². The zero-order valence-electron chi connectivity index (χ0n) is 24.8. The third-order valence-electron chi connectivity index (χ3n) is 8.89. The van der Waals surface area contributed by atoms with Crippen molar-refractivity contribution < 1.29 is 33.4 Å². The molecule has 228 valence electrons. The summed E-state index contributed by atoms with van der Waals surface area (Å²) >= 11 is 0. The summed E-state index contributed by atoms with van der Waals surface area (Å²) in [5, 5.41) is 25.2. The number of amides is 2. The lowest BCUT2D eigenvalue weighted by Gasteiger charge is -2.36. The highest BCUT2D eigenvalue weighted by Gasteiger charge is 2.65. The number of aliphatic hydroxyl groups excluding tert-OH is 2. The fraction of sp³-hybridized carbons (Fsp3) is 0.548. The van der Waals surface area contributed by atoms with Crippen molar-refractivity contribution in [1.29, 1.82) is 0 Å². The number of hydrogen-bond donors (Lipinski definition) is 4. The molecule has 1 fully saturated rings. The van der Waals surface area contributed by atoms with Gasteiger partial charge in [-0.2, -0.15) is 0 Å². The molecule has 5 rings (SSSR count). The number of ether oxygens (including phenoxy) is 2. The van der Waals surface area contributed by atoms with Crippen LogP contribution in [0.4, 0.5) is 21.2 Å². The Morgan fingerprint density at radius 1 is 1.17 bits per heavy atom. The monoisotopic (exact) mass is 599 g/mol. The lowest BCUT2D eigenvalue weighted by atomic mass is 9.82. The quantitative estimate of drug-likeness (QED) is 0.174. The number of carbonyl (C=O) groups is 2. The summed E-state index contributed by atoms with van der Waals surface area (Å²) in [4.78, 5) is 29.3. The molecule has 3 heterocycles. The van der Waals surface area contributed by atoms with Crippen LogP contribution in [0.15, 0.2) is 36.4 Å². The number of nitrogens with one attached hydrogen (secondary N) is 2. The van der Waals surface area contributed by atoms with E-state index in [4.69, 9.17) is 9.47 Å². The number of aliphatic hydroxyl groups is 2. The zero-order valence-corrected chi connectivity index (χ0v) is 25.8. The third-order valence-corrected chi connectivity index (χ3v) is 11.3. The molecule has 3 aliphatic heterocycles. The van der Waals surface area contributed by atoms with Crippen LogP contribution in [0.3, 0.4) is 0 Å². The number of rotatable bonds is 11. The number of halogens is 1. The highest BCUT2D eigenvalue weighted by atomic mass is 28.4. The van der Waals surface area contributed by atoms with E-state index in [9.17, 15) is 19.8 Å². The van der Waals surface area contributed by atoms with Crippen molar-refractivity contribution in [3.8, 4) is 5.75 Å². The van der Waals surface area contributed by atoms with E-state index >= 15 is 4.11 Å². The highest BCUT2D eigenvalue weighted by molar-refractivity contribution is 6.72. The van der Waals surface area contributed by atoms with E-state index < -0.39 is 37.6 Å². The van der Waals surface area contributed by atoms with Crippen LogP contribution in [0.2, 0.25) is 18.6 Å². The molecular weight excluding hydrogens is 557 g/mol. The summed E-state index contributed by atoms with van der Waals surface area (Å²) in [6.45, 7) is 8.06. The topological polar surface area (TPSA) is 120 Å². The minimum atomic E-state index is -3.29. The van der Waals surface area contributed by atoms with Gasteiger partial charge in [-0.25, -0.2) is 0 Å². The Kier molecular flexibility index (Phi) is 8.78. The van der Waals surface area contributed by atoms with Gasteiger partial charge in [0.2, 0.25) is 14.3 Å². The number of anilines is 3. The number of carbonyl (C=O) groups excluding carboxylic acids is 2. The molecule has 0 aliphatic carbocycles. The van der Waals surface area contributed by atoms with Crippen molar-refractivity contribution in [2.45, 2.75) is 75.9 Å². The maximum Gasteiger partial charge on any atom is 0.261 e. The molecule has 42 heavy (non-hydrogen) atoms. The lowest BCUT2D eigenvalue weighted by Crippen LogP contribution is -2.49. The van der Waals surface area contributed by atoms with Gasteiger partial charge in [-0.05, 0) is 94.2 Å². The minimum absolute atomic E-state index is 0.0964. The van der Waals surface area contributed by atoms with Crippen LogP contribution >= 0.6 is 0 Å². The summed E-state index contributed by atoms with van der Waals surface area (Å²) in [5.41, 5.74) is 1.50. The van der Waals surface area contributed by atoms with E-state index in [1.54, 1.807) is 30.1 Å². The van der Waals surface area contributed by atoms with Gasteiger partial charge in [0.05, 0.1) is 24.4 Å². The van der Waals surface area contributed by atoms with Gasteiger partial charge in [0.15, 0.2) is 5.60 Å². The van der Waals surface area contributed by atoms with Gasteiger partial charge in [-0.1, -0.05) is 6.92 Å². The van der Waals surface area contributed by atoms with Gasteiger partial charge in [0.25, 0.3) is 5.91 Å². The van der Waals surface area contributed by atoms with Crippen LogP contribution in [0, 0.1) is 5.92 Å². The molecule has 1 spiro atoms. The molecule has 0 saturated carbocycles. The normalized spacial score (nSPS) is 26.9. The summed E-state index contributed by atoms with van der Waals surface area (Å²) in [6, 6.07) is 10.6. The summed E-state index contributed by atoms with van der Waals surface area (Å²) in [7, 11) is -3.29. The second kappa shape index (κ2) is 12.0. The van der Waals surface area contributed by atoms with Crippen molar-refractivity contribution in [2.24, 2.45) is 5.92 Å². The summed E-state index contributed by atoms with van der Waals surface area (Å²) in [6.07, 6.45) is 1.51. The molecule has 3 aliphatic rings. The highest BCUT2D eigenvalue weighted by Crippen LogP contribution is 2.59. The van der Waals surface area contributed by atoms with Crippen molar-refractivity contribution in [3.63, 3.8) is 0 Å². The van der Waals surface area contributed by atoms with Crippen LogP contribution in [-0.4, -0.2) is 68.9 Å². The van der Waals surface area contributed by atoms with Gasteiger partial charge < -0.3 is 34.4 Å². The molecule has 0 radical (unpaired) electrons. The predicted molar refractivity (Wildman–Crippen MR) is 161 cm³/mol. The molecule has 2 aromatic rings. The molecule has 2 amide bonds. The van der Waals surface area contributed by atoms with Crippen molar-refractivity contribution in [3.05, 3.63) is 47.5 Å². The van der Waals surface area contributed by atoms with Gasteiger partial charge in [0.1, 0.15) is 5.75 Å². The molecule has 9 nitrogen and oxygen atoms in total. The summed E-state index contributed by atoms with van der Waals surface area (Å²) < 4.78 is 27.9. The number of fused-ring (bicyclic) bond motifs is 3. The lowest BCUT2D eigenvalue weighted by molar-refractivity contribution is -0.143. The van der Waals surface area contributed by atoms with E-state index in [2.05, 4.69) is 10.6 Å². The Labute approximate surface area is 247 Å². The maximum absolute atomic E-state index is 15.7. The Morgan fingerprint density at radius 2 is 1.95 bits per heavy atom. The van der Waals surface area contributed by atoms with Gasteiger partial charge in [0, 0.05) is 41.6 Å². The summed E-state index contributed by atoms with van der Waals surface area (Å²) in [5.74, 6) is -0.229. The molecule has 5 atom stereocenters. The van der Waals surface area contributed by atoms with Crippen LogP contribution < -0.4 is 20.3 Å². The molecular formula is C31H42FN3O6Si. The largest absolute Gasteiger partial charge is 0.494 e. The van der Waals surface area contributed by atoms with E-state index in [0.717, 1.165) is 23.4 Å². The van der Waals surface area contributed by atoms with Crippen LogP contribution in [0.1, 0.15) is 44.2 Å². The SMILES string of the molecule is CCOc1ccc2c(c1)CC(NCCCCO)C(=O)N2c1ccc2c(c1)[C@]1(O[C@@H](CCO)[C@H]([Si](C)(C)F)[C@H]1C)C(=O)N2. The first-order valence-corrected chi connectivity index (χ1v) is 17.9. The number of nitrogens with zero attached hydrogens (tertiary/aromatic N) is 1. The van der Waals surface area contributed by atoms with E-state index in [-0.39, 0.29) is 31.4 Å². The third kappa shape index (κ3) is 5.26. The fourth-order valence-electron chi connectivity index (χ4n) is 7.11. The van der Waals surface area contributed by atoms with Crippen LogP contribution in [-0.2, 0) is 26.3 Å². The van der Waals surface area contributed by atoms with Crippen molar-refractivity contribution >= 4 is 37.3 Å². The van der Waals surface area contributed by atoms with E-state index in [1.165, 1.54) is 0 Å². The zero-order chi connectivity index (χ0) is 30.2. The minimum Gasteiger partial charge on any atom is -0.494 e. The molecule has 0 aromatic heterocycles. The van der Waals surface area contributed by atoms with Crippen LogP contribution in [0.5, 0.6) is 5.75 Å². The second-order valence-electron chi connectivity index (χ2n) is 12.0. The van der Waals surface area contributed by atoms with Gasteiger partial charge in [-0.3, -0.25) is 14.5 Å². The number of hydrogen-bond acceptors (Lipinski definition) is 7. The first kappa shape index (κ1) is 30.6. The Morgan fingerprint density at radius 3 is 2.64 bits per heavy atom. The standard InChI is InChI=1S/C31H42FN3O6Si/c1-5-40-22-9-11-26-20(16-22)17-25(33-13-6-7-14-36)29(38)35(26)21-8-10-24-23(18-21)31(30(39)34-24)19(2)28(42(3,4)32)27(41-31)12-15-37/h8-11,16,18-19,25,27-28,33,36-37H,5-7,12-15,17H2,1-4H3,(H,34,39)/t19-,25?,27+,28-,31+/m1/s1. The molecule has 1 unspecified atom stereocenters. The second-order valence-corrected chi connectivity index (χ2v) is 15.8. The molecule has 2 aromatic carbocycles. The fourth-order valence-corrected chi connectivity index (χ4v) is 9.65. The van der Waals surface area contributed by atoms with Gasteiger partial charge in [-0.15, -0.1) is 0 Å². The van der Waals surface area contributed by atoms with E-state index in [1.807, 2.05) is 38.1 Å². The first-order valence-electron chi connectivity index (χ1n) is 14.9. The average molecular weight is 600 g/mol. The Bertz CT molecular complexity index is 1340. The average Bonchev–Trinajstić information content (AvgIpc) is 3.40. The van der Waals surface area contributed by atoms with Crippen molar-refractivity contribution in [1.82, 2.24) is 5.32 Å². The Balaban J connectivity index is 1.57. The predicted octanol–water partition coefficient (Wildman–Crippen LogP) is 4.15. The molecule has 0 bridgehead atoms. The van der Waals surface area contributed by atoms with Gasteiger partial charge >= 0.3 is 0 Å². The van der Waals surface area contributed by atoms with Crippen LogP contribution in [0.25, 0.3) is 0 Å². The number of benzene rings is 2. The van der Waals surface area contributed by atoms with Crippen molar-refractivity contribution in [2.75, 3.05) is 36.6 Å². The Hall–Kier alpha value is -2.83. The smallest absolute Gasteiger partial charge is 0.261 e. The maximum atomic E-state index is 15.7. The first-order chi connectivity index (χ1) is 20.1. The molecule has 4 N–H and O–H groups in total.